The van der Waals surface area contributed by atoms with Crippen LogP contribution in [0.2, 0.25) is 0 Å². The number of halogens is 1. The van der Waals surface area contributed by atoms with Gasteiger partial charge in [-0.3, -0.25) is 10.2 Å². The molecule has 3 atom stereocenters. The maximum absolute atomic E-state index is 12.4. The fourth-order valence-corrected chi connectivity index (χ4v) is 4.37. The van der Waals surface area contributed by atoms with Crippen LogP contribution in [0.5, 0.6) is 5.75 Å². The summed E-state index contributed by atoms with van der Waals surface area (Å²) in [6, 6.07) is 9.99. The molecule has 1 aliphatic heterocycles. The Balaban J connectivity index is 1.57. The van der Waals surface area contributed by atoms with E-state index in [0.29, 0.717) is 22.2 Å². The predicted molar refractivity (Wildman–Crippen MR) is 106 cm³/mol. The average Bonchev–Trinajstić information content (AvgIpc) is 3.26. The van der Waals surface area contributed by atoms with Gasteiger partial charge in [-0.05, 0) is 41.6 Å². The molecule has 3 unspecified atom stereocenters. The van der Waals surface area contributed by atoms with Crippen LogP contribution in [0.4, 0.5) is 5.69 Å². The predicted octanol–water partition coefficient (Wildman–Crippen LogP) is 3.17. The lowest BCUT2D eigenvalue weighted by molar-refractivity contribution is -0.136. The van der Waals surface area contributed by atoms with Gasteiger partial charge >= 0.3 is 5.97 Å². The summed E-state index contributed by atoms with van der Waals surface area (Å²) >= 11 is 4.95. The van der Waals surface area contributed by atoms with E-state index in [-0.39, 0.29) is 22.7 Å². The fraction of sp³-hybridized carbons (Fsp3) is 0.333. The second-order valence-corrected chi connectivity index (χ2v) is 8.36. The quantitative estimate of drug-likeness (QED) is 0.380. The highest BCUT2D eigenvalue weighted by molar-refractivity contribution is 9.09. The van der Waals surface area contributed by atoms with E-state index in [0.717, 1.165) is 0 Å². The Hall–Kier alpha value is -1.74. The number of carbonyl (C=O) groups is 2. The van der Waals surface area contributed by atoms with Crippen molar-refractivity contribution >= 4 is 44.8 Å². The number of rotatable bonds is 5. The SMILES string of the molecule is CC(C)C1NNC(C(=O)Oc2ccc(NC(=O)c3cccs3)cc2)C1Br. The molecule has 26 heavy (non-hydrogen) atoms. The van der Waals surface area contributed by atoms with Gasteiger partial charge in [-0.25, -0.2) is 10.2 Å². The van der Waals surface area contributed by atoms with Gasteiger partial charge in [0.2, 0.25) is 0 Å². The minimum atomic E-state index is -0.472. The van der Waals surface area contributed by atoms with E-state index in [1.165, 1.54) is 11.3 Å². The van der Waals surface area contributed by atoms with E-state index in [1.54, 1.807) is 30.3 Å². The molecule has 8 heteroatoms. The maximum Gasteiger partial charge on any atom is 0.331 e. The van der Waals surface area contributed by atoms with Crippen molar-refractivity contribution in [2.45, 2.75) is 30.8 Å². The minimum Gasteiger partial charge on any atom is -0.425 e. The maximum atomic E-state index is 12.4. The van der Waals surface area contributed by atoms with Crippen LogP contribution in [0.3, 0.4) is 0 Å². The third-order valence-electron chi connectivity index (χ3n) is 4.11. The number of ether oxygens (including phenoxy) is 1. The van der Waals surface area contributed by atoms with Crippen LogP contribution in [0.15, 0.2) is 41.8 Å². The molecule has 1 amide bonds. The van der Waals surface area contributed by atoms with Crippen LogP contribution in [-0.2, 0) is 4.79 Å². The number of carbonyl (C=O) groups excluding carboxylic acids is 2. The van der Waals surface area contributed by atoms with Gasteiger partial charge < -0.3 is 10.1 Å². The van der Waals surface area contributed by atoms with Crippen LogP contribution in [0, 0.1) is 5.92 Å². The molecule has 6 nitrogen and oxygen atoms in total. The van der Waals surface area contributed by atoms with Crippen molar-refractivity contribution in [3.8, 4) is 5.75 Å². The summed E-state index contributed by atoms with van der Waals surface area (Å²) in [4.78, 5) is 25.0. The van der Waals surface area contributed by atoms with Gasteiger partial charge in [0.1, 0.15) is 11.8 Å². The summed E-state index contributed by atoms with van der Waals surface area (Å²) in [5, 5.41) is 4.66. The molecule has 0 saturated carbocycles. The van der Waals surface area contributed by atoms with E-state index >= 15 is 0 Å². The second-order valence-electron chi connectivity index (χ2n) is 6.36. The largest absolute Gasteiger partial charge is 0.425 e. The van der Waals surface area contributed by atoms with E-state index in [1.807, 2.05) is 11.4 Å². The highest BCUT2D eigenvalue weighted by Crippen LogP contribution is 2.24. The standard InChI is InChI=1S/C18H20BrN3O3S/c1-10(2)15-14(19)16(22-21-15)18(24)25-12-7-5-11(6-8-12)20-17(23)13-4-3-9-26-13/h3-10,14-16,21-22H,1-2H3,(H,20,23). The van der Waals surface area contributed by atoms with Crippen molar-refractivity contribution in [1.82, 2.24) is 10.9 Å². The van der Waals surface area contributed by atoms with Crippen molar-refractivity contribution in [2.24, 2.45) is 5.92 Å². The van der Waals surface area contributed by atoms with Gasteiger partial charge in [-0.15, -0.1) is 11.3 Å². The Kier molecular flexibility index (Phi) is 6.08. The first-order valence-electron chi connectivity index (χ1n) is 8.27. The highest BCUT2D eigenvalue weighted by Gasteiger charge is 2.40. The third kappa shape index (κ3) is 4.32. The normalized spacial score (nSPS) is 22.4. The summed E-state index contributed by atoms with van der Waals surface area (Å²) in [5.41, 5.74) is 6.75. The Morgan fingerprint density at radius 3 is 2.50 bits per heavy atom. The van der Waals surface area contributed by atoms with Crippen LogP contribution in [-0.4, -0.2) is 28.8 Å². The zero-order chi connectivity index (χ0) is 18.7. The Bertz CT molecular complexity index is 764. The molecule has 1 saturated heterocycles. The average molecular weight is 438 g/mol. The molecule has 2 heterocycles. The summed E-state index contributed by atoms with van der Waals surface area (Å²) in [6.07, 6.45) is 0. The Labute approximate surface area is 164 Å². The first kappa shape index (κ1) is 19.0. The molecule has 0 aliphatic carbocycles. The van der Waals surface area contributed by atoms with Crippen molar-refractivity contribution in [3.63, 3.8) is 0 Å². The number of esters is 1. The van der Waals surface area contributed by atoms with Gasteiger partial charge in [-0.1, -0.05) is 35.8 Å². The molecule has 3 N–H and O–H groups in total. The Morgan fingerprint density at radius 1 is 1.19 bits per heavy atom. The van der Waals surface area contributed by atoms with Crippen LogP contribution >= 0.6 is 27.3 Å². The zero-order valence-corrected chi connectivity index (χ0v) is 16.8. The first-order valence-corrected chi connectivity index (χ1v) is 10.1. The zero-order valence-electron chi connectivity index (χ0n) is 14.4. The molecule has 1 aliphatic rings. The molecule has 1 aromatic heterocycles. The fourth-order valence-electron chi connectivity index (χ4n) is 2.66. The number of anilines is 1. The van der Waals surface area contributed by atoms with Crippen molar-refractivity contribution in [1.29, 1.82) is 0 Å². The van der Waals surface area contributed by atoms with Crippen LogP contribution in [0.1, 0.15) is 23.5 Å². The van der Waals surface area contributed by atoms with Gasteiger partial charge in [0, 0.05) is 11.7 Å². The smallest absolute Gasteiger partial charge is 0.331 e. The van der Waals surface area contributed by atoms with E-state index < -0.39 is 6.04 Å². The number of hydrogen-bond donors (Lipinski definition) is 3. The van der Waals surface area contributed by atoms with Crippen LogP contribution in [0.25, 0.3) is 0 Å². The molecular weight excluding hydrogens is 418 g/mol. The number of nitrogens with one attached hydrogen (secondary N) is 3. The van der Waals surface area contributed by atoms with Crippen molar-refractivity contribution < 1.29 is 14.3 Å². The highest BCUT2D eigenvalue weighted by atomic mass is 79.9. The molecule has 0 bridgehead atoms. The van der Waals surface area contributed by atoms with E-state index in [9.17, 15) is 9.59 Å². The summed E-state index contributed by atoms with van der Waals surface area (Å²) < 4.78 is 5.45. The molecule has 0 spiro atoms. The lowest BCUT2D eigenvalue weighted by Gasteiger charge is -2.19. The summed E-state index contributed by atoms with van der Waals surface area (Å²) in [5.74, 6) is 0.278. The van der Waals surface area contributed by atoms with Gasteiger partial charge in [0.05, 0.1) is 9.70 Å². The molecule has 138 valence electrons. The third-order valence-corrected chi connectivity index (χ3v) is 6.08. The number of hydrazine groups is 1. The van der Waals surface area contributed by atoms with Crippen molar-refractivity contribution in [3.05, 3.63) is 46.7 Å². The molecule has 0 radical (unpaired) electrons. The topological polar surface area (TPSA) is 79.5 Å². The van der Waals surface area contributed by atoms with Gasteiger partial charge in [-0.2, -0.15) is 0 Å². The number of hydrogen-bond acceptors (Lipinski definition) is 6. The number of amides is 1. The summed E-state index contributed by atoms with van der Waals surface area (Å²) in [6.45, 7) is 4.18. The molecule has 1 aromatic carbocycles. The minimum absolute atomic E-state index is 0.0562. The summed E-state index contributed by atoms with van der Waals surface area (Å²) in [7, 11) is 0. The second kappa shape index (κ2) is 8.30. The van der Waals surface area contributed by atoms with E-state index in [2.05, 4.69) is 45.9 Å². The van der Waals surface area contributed by atoms with Crippen molar-refractivity contribution in [2.75, 3.05) is 5.32 Å². The number of benzene rings is 1. The number of alkyl halides is 1. The first-order chi connectivity index (χ1) is 12.5. The lowest BCUT2D eigenvalue weighted by atomic mass is 9.99. The van der Waals surface area contributed by atoms with Gasteiger partial charge in [0.25, 0.3) is 5.91 Å². The monoisotopic (exact) mass is 437 g/mol. The molecular formula is C18H20BrN3O3S. The molecule has 3 rings (SSSR count). The van der Waals surface area contributed by atoms with E-state index in [4.69, 9.17) is 4.74 Å². The van der Waals surface area contributed by atoms with Gasteiger partial charge in [0.15, 0.2) is 0 Å². The Morgan fingerprint density at radius 2 is 1.92 bits per heavy atom. The lowest BCUT2D eigenvalue weighted by Crippen LogP contribution is -2.41. The number of thiophene rings is 1. The molecule has 1 fully saturated rings. The molecule has 2 aromatic rings. The van der Waals surface area contributed by atoms with Crippen LogP contribution < -0.4 is 20.9 Å².